The van der Waals surface area contributed by atoms with Crippen LogP contribution in [0.3, 0.4) is 0 Å². The minimum Gasteiger partial charge on any atom is -0.318 e. The van der Waals surface area contributed by atoms with E-state index in [1.807, 2.05) is 53.4 Å². The van der Waals surface area contributed by atoms with Gasteiger partial charge in [0.25, 0.3) is 0 Å². The highest BCUT2D eigenvalue weighted by molar-refractivity contribution is 5.94. The summed E-state index contributed by atoms with van der Waals surface area (Å²) in [6, 6.07) is 18.1. The molecule has 27 heavy (non-hydrogen) atoms. The molecule has 0 aliphatic carbocycles. The number of amides is 1. The highest BCUT2D eigenvalue weighted by Crippen LogP contribution is 2.21. The number of carbonyl (C=O) groups is 1. The van der Waals surface area contributed by atoms with E-state index in [9.17, 15) is 4.79 Å². The van der Waals surface area contributed by atoms with Gasteiger partial charge in [-0.25, -0.2) is 4.98 Å². The van der Waals surface area contributed by atoms with E-state index in [1.54, 1.807) is 0 Å². The third-order valence-corrected chi connectivity index (χ3v) is 4.85. The molecule has 1 heterocycles. The van der Waals surface area contributed by atoms with E-state index in [0.717, 1.165) is 35.4 Å². The summed E-state index contributed by atoms with van der Waals surface area (Å²) in [4.78, 5) is 19.9. The van der Waals surface area contributed by atoms with Crippen molar-refractivity contribution in [3.05, 3.63) is 60.4 Å². The van der Waals surface area contributed by atoms with Gasteiger partial charge in [0.05, 0.1) is 11.0 Å². The first-order valence-electron chi connectivity index (χ1n) is 9.93. The average molecular weight is 364 g/mol. The SMILES string of the molecule is CCCCCc1nc2ccccc2n1CC(=O)N(c1ccccc1)C(C)C. The zero-order valence-electron chi connectivity index (χ0n) is 16.6. The van der Waals surface area contributed by atoms with E-state index in [2.05, 4.69) is 31.4 Å². The topological polar surface area (TPSA) is 38.1 Å². The highest BCUT2D eigenvalue weighted by Gasteiger charge is 2.21. The Morgan fingerprint density at radius 3 is 2.44 bits per heavy atom. The number of nitrogens with zero attached hydrogens (tertiary/aromatic N) is 3. The number of hydrogen-bond acceptors (Lipinski definition) is 2. The predicted molar refractivity (Wildman–Crippen MR) is 112 cm³/mol. The van der Waals surface area contributed by atoms with Crippen molar-refractivity contribution >= 4 is 22.6 Å². The molecule has 1 amide bonds. The van der Waals surface area contributed by atoms with Crippen LogP contribution in [0.1, 0.15) is 45.9 Å². The Kier molecular flexibility index (Phi) is 6.28. The van der Waals surface area contributed by atoms with Crippen LogP contribution in [0.2, 0.25) is 0 Å². The van der Waals surface area contributed by atoms with Gasteiger partial charge in [0.2, 0.25) is 5.91 Å². The summed E-state index contributed by atoms with van der Waals surface area (Å²) in [5.74, 6) is 1.10. The molecule has 0 atom stereocenters. The number of para-hydroxylation sites is 3. The molecule has 0 spiro atoms. The number of aromatic nitrogens is 2. The fourth-order valence-corrected chi connectivity index (χ4v) is 3.56. The van der Waals surface area contributed by atoms with Gasteiger partial charge < -0.3 is 9.47 Å². The van der Waals surface area contributed by atoms with Gasteiger partial charge >= 0.3 is 0 Å². The molecule has 142 valence electrons. The van der Waals surface area contributed by atoms with E-state index in [0.29, 0.717) is 6.54 Å². The molecule has 0 N–H and O–H groups in total. The largest absolute Gasteiger partial charge is 0.318 e. The van der Waals surface area contributed by atoms with E-state index in [4.69, 9.17) is 4.98 Å². The molecule has 3 rings (SSSR count). The van der Waals surface area contributed by atoms with E-state index < -0.39 is 0 Å². The molecular formula is C23H29N3O. The monoisotopic (exact) mass is 363 g/mol. The highest BCUT2D eigenvalue weighted by atomic mass is 16.2. The number of fused-ring (bicyclic) bond motifs is 1. The van der Waals surface area contributed by atoms with Crippen molar-refractivity contribution in [2.24, 2.45) is 0 Å². The summed E-state index contributed by atoms with van der Waals surface area (Å²) in [5, 5.41) is 0. The lowest BCUT2D eigenvalue weighted by Crippen LogP contribution is -2.39. The smallest absolute Gasteiger partial charge is 0.247 e. The second kappa shape index (κ2) is 8.85. The van der Waals surface area contributed by atoms with E-state index >= 15 is 0 Å². The third kappa shape index (κ3) is 4.38. The number of hydrogen-bond donors (Lipinski definition) is 0. The van der Waals surface area contributed by atoms with E-state index in [1.165, 1.54) is 12.8 Å². The van der Waals surface area contributed by atoms with Crippen LogP contribution in [0.4, 0.5) is 5.69 Å². The molecule has 1 aromatic heterocycles. The average Bonchev–Trinajstić information content (AvgIpc) is 3.00. The number of anilines is 1. The van der Waals surface area contributed by atoms with Crippen molar-refractivity contribution in [2.45, 2.75) is 59.0 Å². The quantitative estimate of drug-likeness (QED) is 0.515. The first kappa shape index (κ1) is 19.2. The Bertz CT molecular complexity index is 883. The van der Waals surface area contributed by atoms with Gasteiger partial charge in [-0.2, -0.15) is 0 Å². The van der Waals surface area contributed by atoms with Gasteiger partial charge in [0.15, 0.2) is 0 Å². The minimum absolute atomic E-state index is 0.0936. The lowest BCUT2D eigenvalue weighted by Gasteiger charge is -2.27. The molecule has 4 nitrogen and oxygen atoms in total. The van der Waals surface area contributed by atoms with Gasteiger partial charge in [-0.15, -0.1) is 0 Å². The van der Waals surface area contributed by atoms with E-state index in [-0.39, 0.29) is 11.9 Å². The van der Waals surface area contributed by atoms with Crippen LogP contribution >= 0.6 is 0 Å². The normalized spacial score (nSPS) is 11.3. The molecule has 0 aliphatic rings. The van der Waals surface area contributed by atoms with Gasteiger partial charge in [-0.3, -0.25) is 4.79 Å². The van der Waals surface area contributed by atoms with Crippen LogP contribution in [0, 0.1) is 0 Å². The van der Waals surface area contributed by atoms with Gasteiger partial charge in [0, 0.05) is 18.2 Å². The molecular weight excluding hydrogens is 334 g/mol. The fourth-order valence-electron chi connectivity index (χ4n) is 3.56. The number of carbonyl (C=O) groups excluding carboxylic acids is 1. The standard InChI is InChI=1S/C23H29N3O/c1-4-5-7-16-22-24-20-14-10-11-15-21(20)25(22)17-23(27)26(18(2)3)19-12-8-6-9-13-19/h6,8-15,18H,4-5,7,16-17H2,1-3H3. The summed E-state index contributed by atoms with van der Waals surface area (Å²) < 4.78 is 2.10. The molecule has 0 bridgehead atoms. The first-order chi connectivity index (χ1) is 13.1. The molecule has 2 aromatic carbocycles. The summed E-state index contributed by atoms with van der Waals surface area (Å²) >= 11 is 0. The summed E-state index contributed by atoms with van der Waals surface area (Å²) in [5.41, 5.74) is 2.94. The Hall–Kier alpha value is -2.62. The number of benzene rings is 2. The lowest BCUT2D eigenvalue weighted by molar-refractivity contribution is -0.119. The van der Waals surface area contributed by atoms with Crippen LogP contribution in [0.5, 0.6) is 0 Å². The lowest BCUT2D eigenvalue weighted by atomic mass is 10.2. The summed E-state index contributed by atoms with van der Waals surface area (Å²) in [7, 11) is 0. The molecule has 0 fully saturated rings. The number of unbranched alkanes of at least 4 members (excludes halogenated alkanes) is 2. The van der Waals surface area contributed by atoms with Crippen molar-refractivity contribution in [1.82, 2.24) is 9.55 Å². The number of aryl methyl sites for hydroxylation is 1. The molecule has 4 heteroatoms. The number of imidazole rings is 1. The van der Waals surface area contributed by atoms with Crippen LogP contribution in [-0.4, -0.2) is 21.5 Å². The zero-order chi connectivity index (χ0) is 19.2. The molecule has 0 saturated carbocycles. The van der Waals surface area contributed by atoms with Crippen molar-refractivity contribution in [1.29, 1.82) is 0 Å². The van der Waals surface area contributed by atoms with Crippen molar-refractivity contribution in [3.63, 3.8) is 0 Å². The van der Waals surface area contributed by atoms with Crippen LogP contribution in [-0.2, 0) is 17.8 Å². The number of rotatable bonds is 8. The summed E-state index contributed by atoms with van der Waals surface area (Å²) in [6.07, 6.45) is 4.36. The molecule has 0 radical (unpaired) electrons. The van der Waals surface area contributed by atoms with Gasteiger partial charge in [-0.1, -0.05) is 50.1 Å². The van der Waals surface area contributed by atoms with Crippen molar-refractivity contribution in [2.75, 3.05) is 4.90 Å². The Morgan fingerprint density at radius 2 is 1.74 bits per heavy atom. The maximum atomic E-state index is 13.3. The first-order valence-corrected chi connectivity index (χ1v) is 9.93. The Morgan fingerprint density at radius 1 is 1.04 bits per heavy atom. The maximum absolute atomic E-state index is 13.3. The van der Waals surface area contributed by atoms with Crippen LogP contribution in [0.15, 0.2) is 54.6 Å². The van der Waals surface area contributed by atoms with Crippen LogP contribution in [0.25, 0.3) is 11.0 Å². The van der Waals surface area contributed by atoms with Crippen molar-refractivity contribution < 1.29 is 4.79 Å². The Labute approximate surface area is 161 Å². The van der Waals surface area contributed by atoms with Crippen molar-refractivity contribution in [3.8, 4) is 0 Å². The van der Waals surface area contributed by atoms with Gasteiger partial charge in [-0.05, 0) is 44.5 Å². The molecule has 3 aromatic rings. The fraction of sp³-hybridized carbons (Fsp3) is 0.391. The van der Waals surface area contributed by atoms with Crippen LogP contribution < -0.4 is 4.90 Å². The molecule has 0 saturated heterocycles. The van der Waals surface area contributed by atoms with Gasteiger partial charge in [0.1, 0.15) is 12.4 Å². The second-order valence-corrected chi connectivity index (χ2v) is 7.25. The summed E-state index contributed by atoms with van der Waals surface area (Å²) in [6.45, 7) is 6.63. The molecule has 0 unspecified atom stereocenters. The zero-order valence-corrected chi connectivity index (χ0v) is 16.6. The Balaban J connectivity index is 1.91. The predicted octanol–water partition coefficient (Wildman–Crippen LogP) is 5.21. The minimum atomic E-state index is 0.0936. The third-order valence-electron chi connectivity index (χ3n) is 4.85. The second-order valence-electron chi connectivity index (χ2n) is 7.25. The molecule has 0 aliphatic heterocycles. The maximum Gasteiger partial charge on any atom is 0.247 e.